The molecule has 1 aliphatic rings. The average Bonchev–Trinajstić information content (AvgIpc) is 3.78. The molecule has 0 saturated heterocycles. The van der Waals surface area contributed by atoms with Crippen molar-refractivity contribution in [3.63, 3.8) is 0 Å². The molecule has 0 radical (unpaired) electrons. The standard InChI is InChI=1S/C60H48S/c1-59(2,3)42-34-32-39(33-35-42)43-22-9-10-24-47(43)56(50-29-17-28-48-46-23-11-13-30-52(46)60(4,5)58(48)50)51-36-41(37-54-57(51)49-25-12-14-31-53(49)61-54)45-27-16-21-40-20-15-26-44(55(40)45)38-18-7-6-8-19-38/h6-37,56H,1-5H3. The van der Waals surface area contributed by atoms with Crippen molar-refractivity contribution in [2.24, 2.45) is 0 Å². The fourth-order valence-corrected chi connectivity index (χ4v) is 11.7. The predicted octanol–water partition coefficient (Wildman–Crippen LogP) is 17.0. The summed E-state index contributed by atoms with van der Waals surface area (Å²) in [5.74, 6) is -0.0777. The van der Waals surface area contributed by atoms with Crippen molar-refractivity contribution in [1.82, 2.24) is 0 Å². The van der Waals surface area contributed by atoms with Gasteiger partial charge in [-0.2, -0.15) is 0 Å². The molecule has 1 unspecified atom stereocenters. The molecule has 1 aliphatic carbocycles. The molecule has 61 heavy (non-hydrogen) atoms. The van der Waals surface area contributed by atoms with Gasteiger partial charge in [-0.05, 0) is 112 Å². The van der Waals surface area contributed by atoms with E-state index < -0.39 is 0 Å². The zero-order valence-electron chi connectivity index (χ0n) is 35.5. The van der Waals surface area contributed by atoms with Gasteiger partial charge in [0.25, 0.3) is 0 Å². The van der Waals surface area contributed by atoms with Gasteiger partial charge < -0.3 is 0 Å². The molecule has 0 spiro atoms. The topological polar surface area (TPSA) is 0 Å². The largest absolute Gasteiger partial charge is 0.135 e. The highest BCUT2D eigenvalue weighted by molar-refractivity contribution is 7.25. The van der Waals surface area contributed by atoms with E-state index in [4.69, 9.17) is 0 Å². The maximum absolute atomic E-state index is 2.57. The number of benzene rings is 9. The minimum absolute atomic E-state index is 0.0692. The van der Waals surface area contributed by atoms with Crippen molar-refractivity contribution in [2.75, 3.05) is 0 Å². The van der Waals surface area contributed by atoms with Crippen LogP contribution in [-0.4, -0.2) is 0 Å². The molecule has 0 saturated carbocycles. The summed E-state index contributed by atoms with van der Waals surface area (Å²) < 4.78 is 2.63. The number of thiophene rings is 1. The van der Waals surface area contributed by atoms with Gasteiger partial charge in [0.05, 0.1) is 0 Å². The van der Waals surface area contributed by atoms with Crippen LogP contribution in [0.15, 0.2) is 194 Å². The van der Waals surface area contributed by atoms with Gasteiger partial charge >= 0.3 is 0 Å². The zero-order valence-corrected chi connectivity index (χ0v) is 36.3. The van der Waals surface area contributed by atoms with E-state index in [1.165, 1.54) is 109 Å². The van der Waals surface area contributed by atoms with Gasteiger partial charge in [0.2, 0.25) is 0 Å². The van der Waals surface area contributed by atoms with E-state index in [1.807, 2.05) is 11.3 Å². The van der Waals surface area contributed by atoms with Gasteiger partial charge in [-0.3, -0.25) is 0 Å². The lowest BCUT2D eigenvalue weighted by molar-refractivity contribution is 0.590. The lowest BCUT2D eigenvalue weighted by Crippen LogP contribution is -2.20. The Morgan fingerprint density at radius 3 is 1.79 bits per heavy atom. The summed E-state index contributed by atoms with van der Waals surface area (Å²) in [7, 11) is 0. The first kappa shape index (κ1) is 37.5. The fourth-order valence-electron chi connectivity index (χ4n) is 10.5. The first-order chi connectivity index (χ1) is 29.7. The summed E-state index contributed by atoms with van der Waals surface area (Å²) in [5, 5.41) is 5.20. The van der Waals surface area contributed by atoms with E-state index in [1.54, 1.807) is 0 Å². The van der Waals surface area contributed by atoms with Crippen LogP contribution in [0.5, 0.6) is 0 Å². The van der Waals surface area contributed by atoms with Crippen molar-refractivity contribution in [3.8, 4) is 44.5 Å². The minimum atomic E-state index is -0.197. The van der Waals surface area contributed by atoms with Crippen LogP contribution in [0.3, 0.4) is 0 Å². The van der Waals surface area contributed by atoms with Crippen LogP contribution in [0.4, 0.5) is 0 Å². The molecule has 10 aromatic rings. The highest BCUT2D eigenvalue weighted by atomic mass is 32.1. The van der Waals surface area contributed by atoms with Crippen molar-refractivity contribution in [2.45, 2.75) is 51.4 Å². The van der Waals surface area contributed by atoms with Crippen LogP contribution in [0.25, 0.3) is 75.5 Å². The normalized spacial score (nSPS) is 13.7. The van der Waals surface area contributed by atoms with Gasteiger partial charge in [-0.25, -0.2) is 0 Å². The molecular formula is C60H48S. The third-order valence-corrected chi connectivity index (χ3v) is 14.5. The van der Waals surface area contributed by atoms with Crippen LogP contribution in [0.2, 0.25) is 0 Å². The Kier molecular flexibility index (Phi) is 8.78. The summed E-state index contributed by atoms with van der Waals surface area (Å²) in [5.41, 5.74) is 18.3. The van der Waals surface area contributed by atoms with Crippen molar-refractivity contribution in [1.29, 1.82) is 0 Å². The molecule has 1 heteroatoms. The van der Waals surface area contributed by atoms with E-state index in [0.29, 0.717) is 0 Å². The van der Waals surface area contributed by atoms with E-state index >= 15 is 0 Å². The summed E-state index contributed by atoms with van der Waals surface area (Å²) >= 11 is 1.92. The zero-order chi connectivity index (χ0) is 41.5. The fraction of sp³-hybridized carbons (Fsp3) is 0.133. The Morgan fingerprint density at radius 1 is 0.426 bits per heavy atom. The highest BCUT2D eigenvalue weighted by Gasteiger charge is 2.40. The molecule has 1 atom stereocenters. The summed E-state index contributed by atoms with van der Waals surface area (Å²) in [6, 6.07) is 73.3. The maximum Gasteiger partial charge on any atom is 0.0364 e. The Labute approximate surface area is 363 Å². The van der Waals surface area contributed by atoms with E-state index in [-0.39, 0.29) is 16.7 Å². The molecule has 9 aromatic carbocycles. The summed E-state index contributed by atoms with van der Waals surface area (Å²) in [6.45, 7) is 11.8. The third-order valence-electron chi connectivity index (χ3n) is 13.4. The Hall–Kier alpha value is -6.54. The Balaban J connectivity index is 1.26. The first-order valence-corrected chi connectivity index (χ1v) is 22.4. The SMILES string of the molecule is CC(C)(C)c1ccc(-c2ccccc2C(c2cccc3c2C(C)(C)c2ccccc2-3)c2cc(-c3cccc4cccc(-c5ccccc5)c34)cc3sc4ccccc4c23)cc1. The molecule has 0 fully saturated rings. The Morgan fingerprint density at radius 2 is 1.02 bits per heavy atom. The van der Waals surface area contributed by atoms with Crippen molar-refractivity contribution >= 4 is 42.3 Å². The van der Waals surface area contributed by atoms with Crippen LogP contribution in [0, 0.1) is 0 Å². The minimum Gasteiger partial charge on any atom is -0.135 e. The lowest BCUT2D eigenvalue weighted by Gasteiger charge is -2.31. The second-order valence-corrected chi connectivity index (χ2v) is 19.5. The molecule has 294 valence electrons. The van der Waals surface area contributed by atoms with E-state index in [2.05, 4.69) is 229 Å². The van der Waals surface area contributed by atoms with Crippen LogP contribution < -0.4 is 0 Å². The molecule has 0 nitrogen and oxygen atoms in total. The number of rotatable bonds is 6. The van der Waals surface area contributed by atoms with E-state index in [0.717, 1.165) is 0 Å². The number of fused-ring (bicyclic) bond motifs is 7. The molecule has 0 aliphatic heterocycles. The van der Waals surface area contributed by atoms with Gasteiger partial charge in [-0.15, -0.1) is 11.3 Å². The van der Waals surface area contributed by atoms with Gasteiger partial charge in [0, 0.05) is 31.5 Å². The van der Waals surface area contributed by atoms with Gasteiger partial charge in [-0.1, -0.05) is 211 Å². The molecule has 1 heterocycles. The molecule has 0 bridgehead atoms. The Bertz CT molecular complexity index is 3290. The molecule has 11 rings (SSSR count). The van der Waals surface area contributed by atoms with E-state index in [9.17, 15) is 0 Å². The molecule has 0 amide bonds. The monoisotopic (exact) mass is 800 g/mol. The number of hydrogen-bond acceptors (Lipinski definition) is 1. The van der Waals surface area contributed by atoms with Crippen LogP contribution >= 0.6 is 11.3 Å². The highest BCUT2D eigenvalue weighted by Crippen LogP contribution is 2.55. The summed E-state index contributed by atoms with van der Waals surface area (Å²) in [6.07, 6.45) is 0. The molecule has 1 aromatic heterocycles. The second-order valence-electron chi connectivity index (χ2n) is 18.4. The number of hydrogen-bond donors (Lipinski definition) is 0. The first-order valence-electron chi connectivity index (χ1n) is 21.6. The van der Waals surface area contributed by atoms with Gasteiger partial charge in [0.1, 0.15) is 0 Å². The third kappa shape index (κ3) is 6.09. The van der Waals surface area contributed by atoms with Crippen molar-refractivity contribution < 1.29 is 0 Å². The lowest BCUT2D eigenvalue weighted by atomic mass is 9.72. The quantitative estimate of drug-likeness (QED) is 0.147. The second kappa shape index (κ2) is 14.3. The molecular weight excluding hydrogens is 753 g/mol. The molecule has 0 N–H and O–H groups in total. The van der Waals surface area contributed by atoms with Crippen LogP contribution in [-0.2, 0) is 10.8 Å². The van der Waals surface area contributed by atoms with Gasteiger partial charge in [0.15, 0.2) is 0 Å². The van der Waals surface area contributed by atoms with Crippen molar-refractivity contribution in [3.05, 3.63) is 228 Å². The predicted molar refractivity (Wildman–Crippen MR) is 263 cm³/mol. The average molecular weight is 801 g/mol. The summed E-state index contributed by atoms with van der Waals surface area (Å²) in [4.78, 5) is 0. The smallest absolute Gasteiger partial charge is 0.0364 e. The van der Waals surface area contributed by atoms with Crippen LogP contribution in [0.1, 0.15) is 73.9 Å². The maximum atomic E-state index is 2.57.